The van der Waals surface area contributed by atoms with Gasteiger partial charge in [0.15, 0.2) is 0 Å². The zero-order valence-corrected chi connectivity index (χ0v) is 10.6. The van der Waals surface area contributed by atoms with Crippen LogP contribution in [0.4, 0.5) is 5.69 Å². The minimum absolute atomic E-state index is 0.105. The van der Waals surface area contributed by atoms with Crippen LogP contribution in [0.3, 0.4) is 0 Å². The van der Waals surface area contributed by atoms with Gasteiger partial charge in [0.1, 0.15) is 0 Å². The van der Waals surface area contributed by atoms with Crippen LogP contribution in [0.2, 0.25) is 0 Å². The molecule has 3 nitrogen and oxygen atoms in total. The van der Waals surface area contributed by atoms with Crippen LogP contribution in [0, 0.1) is 10.1 Å². The van der Waals surface area contributed by atoms with Crippen molar-refractivity contribution in [3.05, 3.63) is 44.3 Å². The number of rotatable bonds is 2. The molecule has 0 fully saturated rings. The lowest BCUT2D eigenvalue weighted by Gasteiger charge is -2.14. The zero-order chi connectivity index (χ0) is 11.5. The minimum atomic E-state index is -0.400. The van der Waals surface area contributed by atoms with Gasteiger partial charge in [0, 0.05) is 28.5 Å². The third-order valence-corrected chi connectivity index (χ3v) is 5.10. The van der Waals surface area contributed by atoms with E-state index in [1.54, 1.807) is 35.7 Å². The normalized spacial score (nSPS) is 16.3. The molecule has 1 aromatic carbocycles. The molecule has 0 radical (unpaired) electrons. The summed E-state index contributed by atoms with van der Waals surface area (Å²) in [6.45, 7) is 0. The van der Waals surface area contributed by atoms with Gasteiger partial charge in [0.25, 0.3) is 5.69 Å². The summed E-state index contributed by atoms with van der Waals surface area (Å²) < 4.78 is 0.783. The summed E-state index contributed by atoms with van der Waals surface area (Å²) >= 11 is 9.42. The lowest BCUT2D eigenvalue weighted by Crippen LogP contribution is -1.94. The molecule has 0 unspecified atom stereocenters. The van der Waals surface area contributed by atoms with E-state index in [9.17, 15) is 10.1 Å². The van der Waals surface area contributed by atoms with Crippen molar-refractivity contribution >= 4 is 45.7 Å². The summed E-state index contributed by atoms with van der Waals surface area (Å²) in [5.41, 5.74) is 1.06. The Morgan fingerprint density at radius 1 is 1.19 bits per heavy atom. The highest BCUT2D eigenvalue weighted by molar-refractivity contribution is 8.14. The van der Waals surface area contributed by atoms with Gasteiger partial charge in [0.05, 0.1) is 9.29 Å². The van der Waals surface area contributed by atoms with Crippen molar-refractivity contribution < 1.29 is 4.92 Å². The van der Waals surface area contributed by atoms with E-state index in [2.05, 4.69) is 0 Å². The van der Waals surface area contributed by atoms with Gasteiger partial charge in [-0.05, 0) is 17.7 Å². The van der Waals surface area contributed by atoms with E-state index >= 15 is 0 Å². The average molecular weight is 274 g/mol. The molecule has 2 rings (SSSR count). The molecule has 16 heavy (non-hydrogen) atoms. The van der Waals surface area contributed by atoms with Gasteiger partial charge in [-0.1, -0.05) is 11.6 Å². The van der Waals surface area contributed by atoms with Crippen LogP contribution >= 0.6 is 35.1 Å². The quantitative estimate of drug-likeness (QED) is 0.605. The molecular weight excluding hydrogens is 266 g/mol. The van der Waals surface area contributed by atoms with E-state index < -0.39 is 4.92 Å². The third kappa shape index (κ3) is 2.53. The summed E-state index contributed by atoms with van der Waals surface area (Å²) in [5, 5.41) is 10.5. The van der Waals surface area contributed by atoms with Crippen LogP contribution in [0.1, 0.15) is 5.56 Å². The van der Waals surface area contributed by atoms with Crippen molar-refractivity contribution in [2.75, 3.05) is 11.5 Å². The second-order valence-corrected chi connectivity index (χ2v) is 5.92. The molecule has 6 heteroatoms. The highest BCUT2D eigenvalue weighted by Crippen LogP contribution is 2.42. The van der Waals surface area contributed by atoms with E-state index in [0.717, 1.165) is 26.3 Å². The first-order valence-corrected chi connectivity index (χ1v) is 6.93. The molecule has 0 saturated carbocycles. The maximum absolute atomic E-state index is 10.5. The van der Waals surface area contributed by atoms with Gasteiger partial charge in [-0.3, -0.25) is 10.1 Å². The van der Waals surface area contributed by atoms with Gasteiger partial charge in [0.2, 0.25) is 0 Å². The van der Waals surface area contributed by atoms with Gasteiger partial charge in [-0.15, -0.1) is 23.5 Å². The van der Waals surface area contributed by atoms with Crippen LogP contribution < -0.4 is 0 Å². The number of benzene rings is 1. The minimum Gasteiger partial charge on any atom is -0.258 e. The molecule has 1 aliphatic heterocycles. The molecule has 84 valence electrons. The van der Waals surface area contributed by atoms with Gasteiger partial charge < -0.3 is 0 Å². The Morgan fingerprint density at radius 2 is 1.81 bits per heavy atom. The van der Waals surface area contributed by atoms with Gasteiger partial charge in [-0.25, -0.2) is 0 Å². The predicted molar refractivity (Wildman–Crippen MR) is 70.8 cm³/mol. The van der Waals surface area contributed by atoms with Crippen molar-refractivity contribution in [1.29, 1.82) is 0 Å². The van der Waals surface area contributed by atoms with E-state index in [-0.39, 0.29) is 5.69 Å². The standard InChI is InChI=1S/C10H8ClNO2S2/c11-10-9(15-5-6-16-10)7-1-3-8(4-2-7)12(13)14/h1-4H,5-6H2. The number of nitro benzene ring substituents is 1. The SMILES string of the molecule is O=[N+]([O-])c1ccc(C2=C(Cl)SCCS2)cc1. The van der Waals surface area contributed by atoms with E-state index in [1.165, 1.54) is 12.1 Å². The summed E-state index contributed by atoms with van der Waals surface area (Å²) in [5.74, 6) is 2.03. The number of hydrogen-bond acceptors (Lipinski definition) is 4. The number of nitrogens with zero attached hydrogens (tertiary/aromatic N) is 1. The van der Waals surface area contributed by atoms with Crippen molar-refractivity contribution in [3.63, 3.8) is 0 Å². The molecule has 0 aliphatic carbocycles. The summed E-state index contributed by atoms with van der Waals surface area (Å²) in [4.78, 5) is 11.1. The zero-order valence-electron chi connectivity index (χ0n) is 8.18. The summed E-state index contributed by atoms with van der Waals surface area (Å²) in [6, 6.07) is 6.50. The fraction of sp³-hybridized carbons (Fsp3) is 0.200. The van der Waals surface area contributed by atoms with E-state index in [0.29, 0.717) is 0 Å². The smallest absolute Gasteiger partial charge is 0.258 e. The van der Waals surface area contributed by atoms with Gasteiger partial charge in [-0.2, -0.15) is 0 Å². The van der Waals surface area contributed by atoms with Crippen molar-refractivity contribution in [3.8, 4) is 0 Å². The highest BCUT2D eigenvalue weighted by atomic mass is 35.5. The molecule has 0 amide bonds. The second-order valence-electron chi connectivity index (χ2n) is 3.10. The van der Waals surface area contributed by atoms with Crippen molar-refractivity contribution in [1.82, 2.24) is 0 Å². The number of halogens is 1. The Kier molecular flexibility index (Phi) is 3.78. The summed E-state index contributed by atoms with van der Waals surface area (Å²) in [6.07, 6.45) is 0. The fourth-order valence-electron chi connectivity index (χ4n) is 1.33. The second kappa shape index (κ2) is 5.12. The third-order valence-electron chi connectivity index (χ3n) is 2.08. The average Bonchev–Trinajstić information content (AvgIpc) is 2.30. The van der Waals surface area contributed by atoms with E-state index in [1.807, 2.05) is 0 Å². The van der Waals surface area contributed by atoms with Gasteiger partial charge >= 0.3 is 0 Å². The Morgan fingerprint density at radius 3 is 2.38 bits per heavy atom. The molecule has 1 aromatic rings. The Hall–Kier alpha value is -0.650. The largest absolute Gasteiger partial charge is 0.269 e. The van der Waals surface area contributed by atoms with Crippen LogP contribution in [-0.4, -0.2) is 16.4 Å². The molecule has 0 spiro atoms. The maximum Gasteiger partial charge on any atom is 0.269 e. The molecule has 0 saturated heterocycles. The molecule has 0 bridgehead atoms. The summed E-state index contributed by atoms with van der Waals surface area (Å²) in [7, 11) is 0. The number of nitro groups is 1. The van der Waals surface area contributed by atoms with Crippen LogP contribution in [0.5, 0.6) is 0 Å². The van der Waals surface area contributed by atoms with E-state index in [4.69, 9.17) is 11.6 Å². The molecule has 0 atom stereocenters. The van der Waals surface area contributed by atoms with Crippen LogP contribution in [-0.2, 0) is 0 Å². The number of thioether (sulfide) groups is 2. The Bertz CT molecular complexity index is 445. The fourth-order valence-corrected chi connectivity index (χ4v) is 3.90. The van der Waals surface area contributed by atoms with Crippen LogP contribution in [0.25, 0.3) is 4.91 Å². The monoisotopic (exact) mass is 273 g/mol. The molecule has 1 heterocycles. The van der Waals surface area contributed by atoms with Crippen molar-refractivity contribution in [2.24, 2.45) is 0 Å². The number of non-ortho nitro benzene ring substituents is 1. The number of hydrogen-bond donors (Lipinski definition) is 0. The topological polar surface area (TPSA) is 43.1 Å². The molecule has 0 aromatic heterocycles. The van der Waals surface area contributed by atoms with Crippen molar-refractivity contribution in [2.45, 2.75) is 0 Å². The van der Waals surface area contributed by atoms with Crippen LogP contribution in [0.15, 0.2) is 28.6 Å². The maximum atomic E-state index is 10.5. The first kappa shape index (κ1) is 11.8. The lowest BCUT2D eigenvalue weighted by molar-refractivity contribution is -0.384. The Labute approximate surface area is 106 Å². The molecular formula is C10H8ClNO2S2. The first-order valence-electron chi connectivity index (χ1n) is 4.58. The highest BCUT2D eigenvalue weighted by Gasteiger charge is 2.15. The lowest BCUT2D eigenvalue weighted by atomic mass is 10.2. The predicted octanol–water partition coefficient (Wildman–Crippen LogP) is 3.94. The Balaban J connectivity index is 2.31. The first-order chi connectivity index (χ1) is 7.68. The molecule has 1 aliphatic rings. The molecule has 0 N–H and O–H groups in total.